The second-order valence-electron chi connectivity index (χ2n) is 6.64. The summed E-state index contributed by atoms with van der Waals surface area (Å²) in [6, 6.07) is 14.1. The number of carbonyl (C=O) groups is 1. The van der Waals surface area contributed by atoms with E-state index >= 15 is 0 Å². The van der Waals surface area contributed by atoms with Crippen LogP contribution in [0.3, 0.4) is 0 Å². The molecule has 0 atom stereocenters. The summed E-state index contributed by atoms with van der Waals surface area (Å²) in [7, 11) is -3.52. The fraction of sp³-hybridized carbons (Fsp3) is 0.250. The van der Waals surface area contributed by atoms with Gasteiger partial charge in [0, 0.05) is 12.2 Å². The van der Waals surface area contributed by atoms with E-state index in [9.17, 15) is 13.2 Å². The molecule has 2 heterocycles. The molecule has 1 aromatic heterocycles. The lowest BCUT2D eigenvalue weighted by Crippen LogP contribution is -2.38. The summed E-state index contributed by atoms with van der Waals surface area (Å²) in [6.07, 6.45) is 2.84. The van der Waals surface area contributed by atoms with Gasteiger partial charge in [-0.1, -0.05) is 18.2 Å². The molecule has 0 radical (unpaired) electrons. The lowest BCUT2D eigenvalue weighted by Gasteiger charge is -2.29. The fourth-order valence-electron chi connectivity index (χ4n) is 3.27. The minimum atomic E-state index is -3.52. The topological polar surface area (TPSA) is 89.5 Å². The predicted molar refractivity (Wildman–Crippen MR) is 110 cm³/mol. The first-order valence-corrected chi connectivity index (χ1v) is 11.5. The highest BCUT2D eigenvalue weighted by atomic mass is 32.2. The van der Waals surface area contributed by atoms with Crippen molar-refractivity contribution >= 4 is 33.0 Å². The Kier molecular flexibility index (Phi) is 5.59. The number of anilines is 1. The van der Waals surface area contributed by atoms with Crippen LogP contribution in [0, 0.1) is 0 Å². The van der Waals surface area contributed by atoms with Gasteiger partial charge in [0.1, 0.15) is 22.8 Å². The van der Waals surface area contributed by atoms with Crippen LogP contribution < -0.4 is 9.64 Å². The van der Waals surface area contributed by atoms with E-state index in [1.54, 1.807) is 35.2 Å². The number of hydrogen-bond acceptors (Lipinski definition) is 7. The molecule has 3 aromatic rings. The zero-order valence-electron chi connectivity index (χ0n) is 15.5. The molecule has 1 aliphatic rings. The zero-order chi connectivity index (χ0) is 20.3. The molecular weight excluding hydrogens is 410 g/mol. The van der Waals surface area contributed by atoms with E-state index in [-0.39, 0.29) is 23.2 Å². The first kappa shape index (κ1) is 19.5. The normalized spacial score (nSPS) is 13.7. The van der Waals surface area contributed by atoms with Crippen molar-refractivity contribution in [2.24, 2.45) is 0 Å². The molecule has 0 aliphatic carbocycles. The number of fused-ring (bicyclic) bond motifs is 1. The number of sulfone groups is 1. The van der Waals surface area contributed by atoms with Crippen LogP contribution in [0.1, 0.15) is 17.0 Å². The van der Waals surface area contributed by atoms with Crippen LogP contribution in [0.5, 0.6) is 5.75 Å². The summed E-state index contributed by atoms with van der Waals surface area (Å²) in [4.78, 5) is 18.6. The standard InChI is InChI=1S/C20H19N3O4S2/c24-20(12-27-16-6-2-1-3-7-16)23-10-4-5-15-11-17(8-9-18(15)23)29(25,26)13-19-21-14-22-28-19/h1-3,6-9,11,14H,4-5,10,12-13H2. The van der Waals surface area contributed by atoms with Gasteiger partial charge in [0.15, 0.2) is 16.4 Å². The van der Waals surface area contributed by atoms with E-state index in [4.69, 9.17) is 4.74 Å². The molecule has 7 nitrogen and oxygen atoms in total. The number of ether oxygens (including phenoxy) is 1. The Morgan fingerprint density at radius 3 is 2.76 bits per heavy atom. The second kappa shape index (κ2) is 8.30. The summed E-state index contributed by atoms with van der Waals surface area (Å²) in [5.41, 5.74) is 1.59. The largest absolute Gasteiger partial charge is 0.484 e. The molecule has 0 bridgehead atoms. The number of amides is 1. The third-order valence-electron chi connectivity index (χ3n) is 4.66. The highest BCUT2D eigenvalue weighted by Gasteiger charge is 2.25. The summed E-state index contributed by atoms with van der Waals surface area (Å²) in [5, 5.41) is 0.456. The Hall–Kier alpha value is -2.78. The van der Waals surface area contributed by atoms with Gasteiger partial charge in [-0.05, 0) is 60.3 Å². The molecule has 4 rings (SSSR count). The Labute approximate surface area is 173 Å². The van der Waals surface area contributed by atoms with E-state index in [0.717, 1.165) is 35.6 Å². The van der Waals surface area contributed by atoms with Crippen molar-refractivity contribution in [2.45, 2.75) is 23.5 Å². The lowest BCUT2D eigenvalue weighted by atomic mass is 10.0. The Balaban J connectivity index is 1.51. The molecule has 0 N–H and O–H groups in total. The van der Waals surface area contributed by atoms with Gasteiger partial charge >= 0.3 is 0 Å². The molecule has 0 spiro atoms. The van der Waals surface area contributed by atoms with E-state index in [2.05, 4.69) is 9.36 Å². The van der Waals surface area contributed by atoms with Crippen LogP contribution in [-0.4, -0.2) is 36.8 Å². The number of rotatable bonds is 6. The quantitative estimate of drug-likeness (QED) is 0.599. The number of aryl methyl sites for hydroxylation is 1. The fourth-order valence-corrected chi connectivity index (χ4v) is 5.42. The number of carbonyl (C=O) groups excluding carboxylic acids is 1. The molecule has 2 aromatic carbocycles. The van der Waals surface area contributed by atoms with E-state index in [1.165, 1.54) is 6.33 Å². The number of nitrogens with zero attached hydrogens (tertiary/aromatic N) is 3. The van der Waals surface area contributed by atoms with Gasteiger partial charge in [-0.3, -0.25) is 4.79 Å². The van der Waals surface area contributed by atoms with Gasteiger partial charge in [0.25, 0.3) is 5.91 Å². The maximum Gasteiger partial charge on any atom is 0.264 e. The van der Waals surface area contributed by atoms with Crippen LogP contribution in [-0.2, 0) is 26.8 Å². The SMILES string of the molecule is O=C(COc1ccccc1)N1CCCc2cc(S(=O)(=O)Cc3ncns3)ccc21. The van der Waals surface area contributed by atoms with Crippen LogP contribution in [0.25, 0.3) is 0 Å². The van der Waals surface area contributed by atoms with Crippen molar-refractivity contribution in [3.05, 3.63) is 65.4 Å². The maximum atomic E-state index is 12.7. The molecular formula is C20H19N3O4S2. The van der Waals surface area contributed by atoms with Gasteiger partial charge in [0.05, 0.1) is 4.90 Å². The third kappa shape index (κ3) is 4.46. The predicted octanol–water partition coefficient (Wildman–Crippen LogP) is 2.87. The maximum absolute atomic E-state index is 12.7. The molecule has 0 saturated carbocycles. The molecule has 1 aliphatic heterocycles. The number of para-hydroxylation sites is 1. The smallest absolute Gasteiger partial charge is 0.264 e. The average molecular weight is 430 g/mol. The van der Waals surface area contributed by atoms with Crippen LogP contribution >= 0.6 is 11.5 Å². The third-order valence-corrected chi connectivity index (χ3v) is 7.12. The average Bonchev–Trinajstić information content (AvgIpc) is 3.24. The number of hydrogen-bond donors (Lipinski definition) is 0. The Morgan fingerprint density at radius 1 is 1.17 bits per heavy atom. The minimum absolute atomic E-state index is 0.0689. The van der Waals surface area contributed by atoms with Gasteiger partial charge in [-0.2, -0.15) is 4.37 Å². The minimum Gasteiger partial charge on any atom is -0.484 e. The summed E-state index contributed by atoms with van der Waals surface area (Å²) < 4.78 is 34.8. The second-order valence-corrected chi connectivity index (χ2v) is 9.49. The van der Waals surface area contributed by atoms with E-state index in [1.807, 2.05) is 18.2 Å². The van der Waals surface area contributed by atoms with Gasteiger partial charge in [-0.25, -0.2) is 13.4 Å². The van der Waals surface area contributed by atoms with Crippen molar-refractivity contribution in [3.63, 3.8) is 0 Å². The first-order chi connectivity index (χ1) is 14.0. The van der Waals surface area contributed by atoms with Crippen molar-refractivity contribution in [3.8, 4) is 5.75 Å². The molecule has 150 valence electrons. The molecule has 1 amide bonds. The highest BCUT2D eigenvalue weighted by Crippen LogP contribution is 2.30. The van der Waals surface area contributed by atoms with E-state index in [0.29, 0.717) is 17.3 Å². The highest BCUT2D eigenvalue weighted by molar-refractivity contribution is 7.90. The first-order valence-electron chi connectivity index (χ1n) is 9.12. The molecule has 0 saturated heterocycles. The van der Waals surface area contributed by atoms with Crippen molar-refractivity contribution < 1.29 is 17.9 Å². The van der Waals surface area contributed by atoms with Crippen LogP contribution in [0.4, 0.5) is 5.69 Å². The van der Waals surface area contributed by atoms with Gasteiger partial charge < -0.3 is 9.64 Å². The molecule has 0 unspecified atom stereocenters. The summed E-state index contributed by atoms with van der Waals surface area (Å²) >= 11 is 1.07. The van der Waals surface area contributed by atoms with Gasteiger partial charge in [0.2, 0.25) is 0 Å². The Bertz CT molecular complexity index is 1100. The summed E-state index contributed by atoms with van der Waals surface area (Å²) in [6.45, 7) is 0.515. The van der Waals surface area contributed by atoms with E-state index < -0.39 is 9.84 Å². The summed E-state index contributed by atoms with van der Waals surface area (Å²) in [5.74, 6) is 0.305. The van der Waals surface area contributed by atoms with Crippen LogP contribution in [0.2, 0.25) is 0 Å². The zero-order valence-corrected chi connectivity index (χ0v) is 17.2. The lowest BCUT2D eigenvalue weighted by molar-refractivity contribution is -0.120. The monoisotopic (exact) mass is 429 g/mol. The van der Waals surface area contributed by atoms with Crippen molar-refractivity contribution in [1.29, 1.82) is 0 Å². The van der Waals surface area contributed by atoms with Crippen molar-refractivity contribution in [2.75, 3.05) is 18.1 Å². The number of benzene rings is 2. The van der Waals surface area contributed by atoms with Crippen molar-refractivity contribution in [1.82, 2.24) is 9.36 Å². The molecule has 29 heavy (non-hydrogen) atoms. The molecule has 9 heteroatoms. The Morgan fingerprint density at radius 2 is 2.00 bits per heavy atom. The van der Waals surface area contributed by atoms with Gasteiger partial charge in [-0.15, -0.1) is 0 Å². The number of aromatic nitrogens is 2. The van der Waals surface area contributed by atoms with Crippen LogP contribution in [0.15, 0.2) is 59.8 Å². The molecule has 0 fully saturated rings.